The van der Waals surface area contributed by atoms with E-state index >= 15 is 0 Å². The van der Waals surface area contributed by atoms with Crippen LogP contribution in [0.15, 0.2) is 66.7 Å². The predicted molar refractivity (Wildman–Crippen MR) is 116 cm³/mol. The Morgan fingerprint density at radius 1 is 0.931 bits per heavy atom. The van der Waals surface area contributed by atoms with Gasteiger partial charge in [0.1, 0.15) is 17.4 Å². The highest BCUT2D eigenvalue weighted by molar-refractivity contribution is 5.80. The normalized spacial score (nSPS) is 11.1. The van der Waals surface area contributed by atoms with Crippen LogP contribution in [0.25, 0.3) is 22.4 Å². The first-order valence-electron chi connectivity index (χ1n) is 10.0. The molecule has 0 bridgehead atoms. The minimum Gasteiger partial charge on any atom is -0.493 e. The number of hydrogen-bond acceptors (Lipinski definition) is 2. The Labute approximate surface area is 170 Å². The highest BCUT2D eigenvalue weighted by Crippen LogP contribution is 2.27. The number of unbranched alkanes of at least 4 members (excludes halogenated alkanes) is 1. The molecule has 0 saturated heterocycles. The lowest BCUT2D eigenvalue weighted by molar-refractivity contribution is 0.301. The van der Waals surface area contributed by atoms with Crippen molar-refractivity contribution >= 4 is 11.0 Å². The first-order chi connectivity index (χ1) is 14.1. The van der Waals surface area contributed by atoms with Crippen LogP contribution in [0, 0.1) is 19.7 Å². The molecule has 1 aromatic heterocycles. The Hall–Kier alpha value is -3.14. The number of halogens is 1. The van der Waals surface area contributed by atoms with Gasteiger partial charge in [0.15, 0.2) is 0 Å². The summed E-state index contributed by atoms with van der Waals surface area (Å²) < 4.78 is 22.5. The van der Waals surface area contributed by atoms with E-state index in [4.69, 9.17) is 9.72 Å². The summed E-state index contributed by atoms with van der Waals surface area (Å²) in [5.74, 6) is 1.37. The Morgan fingerprint density at radius 3 is 2.55 bits per heavy atom. The predicted octanol–water partition coefficient (Wildman–Crippen LogP) is 6.32. The number of hydrogen-bond donors (Lipinski definition) is 0. The third-order valence-electron chi connectivity index (χ3n) is 5.13. The van der Waals surface area contributed by atoms with Crippen molar-refractivity contribution in [3.63, 3.8) is 0 Å². The minimum atomic E-state index is -0.248. The number of aryl methyl sites for hydroxylation is 3. The summed E-state index contributed by atoms with van der Waals surface area (Å²) in [5.41, 5.74) is 4.85. The average molecular weight is 388 g/mol. The second-order valence-electron chi connectivity index (χ2n) is 7.38. The number of imidazole rings is 1. The van der Waals surface area contributed by atoms with Gasteiger partial charge in [-0.3, -0.25) is 0 Å². The lowest BCUT2D eigenvalue weighted by atomic mass is 10.1. The maximum Gasteiger partial charge on any atom is 0.144 e. The second kappa shape index (κ2) is 8.48. The third-order valence-corrected chi connectivity index (χ3v) is 5.13. The number of ether oxygens (including phenoxy) is 1. The van der Waals surface area contributed by atoms with E-state index in [1.165, 1.54) is 11.6 Å². The molecular weight excluding hydrogens is 363 g/mol. The van der Waals surface area contributed by atoms with Gasteiger partial charge in [-0.15, -0.1) is 0 Å². The maximum atomic E-state index is 14.4. The highest BCUT2D eigenvalue weighted by atomic mass is 19.1. The third kappa shape index (κ3) is 4.16. The van der Waals surface area contributed by atoms with Crippen molar-refractivity contribution in [1.29, 1.82) is 0 Å². The number of para-hydroxylation sites is 2. The fourth-order valence-corrected chi connectivity index (χ4v) is 3.67. The molecule has 0 fully saturated rings. The van der Waals surface area contributed by atoms with Gasteiger partial charge >= 0.3 is 0 Å². The molecule has 0 spiro atoms. The van der Waals surface area contributed by atoms with Gasteiger partial charge in [0, 0.05) is 6.54 Å². The summed E-state index contributed by atoms with van der Waals surface area (Å²) in [6.07, 6.45) is 1.84. The topological polar surface area (TPSA) is 27.1 Å². The largest absolute Gasteiger partial charge is 0.493 e. The summed E-state index contributed by atoms with van der Waals surface area (Å²) in [5, 5.41) is 0. The first kappa shape index (κ1) is 19.2. The van der Waals surface area contributed by atoms with Crippen LogP contribution in [0.4, 0.5) is 4.39 Å². The summed E-state index contributed by atoms with van der Waals surface area (Å²) >= 11 is 0. The van der Waals surface area contributed by atoms with Crippen LogP contribution in [-0.4, -0.2) is 16.2 Å². The second-order valence-corrected chi connectivity index (χ2v) is 7.38. The Kier molecular flexibility index (Phi) is 5.61. The van der Waals surface area contributed by atoms with Crippen LogP contribution in [0.2, 0.25) is 0 Å². The van der Waals surface area contributed by atoms with E-state index in [2.05, 4.69) is 30.5 Å². The van der Waals surface area contributed by atoms with Gasteiger partial charge in [-0.1, -0.05) is 42.0 Å². The van der Waals surface area contributed by atoms with E-state index in [-0.39, 0.29) is 5.82 Å². The lowest BCUT2D eigenvalue weighted by Crippen LogP contribution is -2.05. The van der Waals surface area contributed by atoms with E-state index in [9.17, 15) is 4.39 Å². The number of rotatable bonds is 7. The monoisotopic (exact) mass is 388 g/mol. The molecule has 0 atom stereocenters. The molecule has 0 amide bonds. The van der Waals surface area contributed by atoms with Crippen LogP contribution in [0.1, 0.15) is 24.0 Å². The summed E-state index contributed by atoms with van der Waals surface area (Å²) in [4.78, 5) is 4.70. The Morgan fingerprint density at radius 2 is 1.72 bits per heavy atom. The van der Waals surface area contributed by atoms with Gasteiger partial charge in [-0.05, 0) is 62.6 Å². The molecule has 0 aliphatic rings. The molecule has 0 N–H and O–H groups in total. The fourth-order valence-electron chi connectivity index (χ4n) is 3.67. The van der Waals surface area contributed by atoms with E-state index < -0.39 is 0 Å². The molecule has 0 aliphatic carbocycles. The molecule has 4 aromatic rings. The SMILES string of the molecule is Cc1ccc(OCCCCn2c(-c3ccccc3F)nc3ccccc32)c(C)c1. The van der Waals surface area contributed by atoms with Crippen LogP contribution in [0.3, 0.4) is 0 Å². The zero-order valence-electron chi connectivity index (χ0n) is 16.9. The van der Waals surface area contributed by atoms with E-state index in [0.29, 0.717) is 18.0 Å². The van der Waals surface area contributed by atoms with Crippen LogP contribution in [0.5, 0.6) is 5.75 Å². The van der Waals surface area contributed by atoms with E-state index in [1.54, 1.807) is 12.1 Å². The zero-order chi connectivity index (χ0) is 20.2. The summed E-state index contributed by atoms with van der Waals surface area (Å²) in [7, 11) is 0. The van der Waals surface area contributed by atoms with Crippen molar-refractivity contribution in [1.82, 2.24) is 9.55 Å². The van der Waals surface area contributed by atoms with Gasteiger partial charge in [0.25, 0.3) is 0 Å². The molecule has 4 rings (SSSR count). The minimum absolute atomic E-state index is 0.248. The molecule has 29 heavy (non-hydrogen) atoms. The van der Waals surface area contributed by atoms with Gasteiger partial charge < -0.3 is 9.30 Å². The van der Waals surface area contributed by atoms with Crippen molar-refractivity contribution < 1.29 is 9.13 Å². The summed E-state index contributed by atoms with van der Waals surface area (Å²) in [6.45, 7) is 5.58. The first-order valence-corrected chi connectivity index (χ1v) is 10.0. The van der Waals surface area contributed by atoms with Crippen LogP contribution < -0.4 is 4.74 Å². The van der Waals surface area contributed by atoms with Crippen molar-refractivity contribution in [3.05, 3.63) is 83.7 Å². The van der Waals surface area contributed by atoms with Crippen molar-refractivity contribution in [3.8, 4) is 17.1 Å². The molecule has 1 heterocycles. The number of benzene rings is 3. The number of nitrogens with zero attached hydrogens (tertiary/aromatic N) is 2. The van der Waals surface area contributed by atoms with E-state index in [0.717, 1.165) is 41.7 Å². The Bertz CT molecular complexity index is 1130. The molecule has 0 radical (unpaired) electrons. The smallest absolute Gasteiger partial charge is 0.144 e. The van der Waals surface area contributed by atoms with Crippen molar-refractivity contribution in [2.45, 2.75) is 33.2 Å². The fraction of sp³-hybridized carbons (Fsp3) is 0.240. The van der Waals surface area contributed by atoms with Crippen molar-refractivity contribution in [2.24, 2.45) is 0 Å². The molecule has 3 nitrogen and oxygen atoms in total. The van der Waals surface area contributed by atoms with Gasteiger partial charge in [0.2, 0.25) is 0 Å². The van der Waals surface area contributed by atoms with Crippen LogP contribution >= 0.6 is 0 Å². The van der Waals surface area contributed by atoms with E-state index in [1.807, 2.05) is 36.4 Å². The molecular formula is C25H25FN2O. The van der Waals surface area contributed by atoms with Gasteiger partial charge in [-0.25, -0.2) is 9.37 Å². The quantitative estimate of drug-likeness (QED) is 0.347. The maximum absolute atomic E-state index is 14.4. The summed E-state index contributed by atoms with van der Waals surface area (Å²) in [6, 6.07) is 21.0. The van der Waals surface area contributed by atoms with Crippen LogP contribution in [-0.2, 0) is 6.54 Å². The molecule has 3 aromatic carbocycles. The number of fused-ring (bicyclic) bond motifs is 1. The van der Waals surface area contributed by atoms with Crippen molar-refractivity contribution in [2.75, 3.05) is 6.61 Å². The molecule has 0 unspecified atom stereocenters. The molecule has 0 saturated carbocycles. The van der Waals surface area contributed by atoms with Gasteiger partial charge in [-0.2, -0.15) is 0 Å². The highest BCUT2D eigenvalue weighted by Gasteiger charge is 2.15. The molecule has 0 aliphatic heterocycles. The lowest BCUT2D eigenvalue weighted by Gasteiger charge is -2.12. The molecule has 148 valence electrons. The Balaban J connectivity index is 1.47. The van der Waals surface area contributed by atoms with Gasteiger partial charge in [0.05, 0.1) is 23.2 Å². The standard InChI is InChI=1S/C25H25FN2O/c1-18-13-14-24(19(2)17-18)29-16-8-7-15-28-23-12-6-5-11-22(23)27-25(28)20-9-3-4-10-21(20)26/h3-6,9-14,17H,7-8,15-16H2,1-2H3. The number of aromatic nitrogens is 2. The average Bonchev–Trinajstić information content (AvgIpc) is 3.08. The molecule has 4 heteroatoms. The zero-order valence-corrected chi connectivity index (χ0v) is 16.9.